The third kappa shape index (κ3) is 17.1. The van der Waals surface area contributed by atoms with Crippen molar-refractivity contribution in [1.29, 1.82) is 0 Å². The fraction of sp³-hybridized carbons (Fsp3) is 0.935. The van der Waals surface area contributed by atoms with Crippen LogP contribution < -0.4 is 0 Å². The summed E-state index contributed by atoms with van der Waals surface area (Å²) < 4.78 is 0. The van der Waals surface area contributed by atoms with Gasteiger partial charge in [-0.25, -0.2) is 0 Å². The lowest BCUT2D eigenvalue weighted by atomic mass is 9.67. The highest BCUT2D eigenvalue weighted by Gasteiger charge is 2.40. The molecule has 0 aromatic heterocycles. The first-order valence-corrected chi connectivity index (χ1v) is 15.3. The minimum Gasteiger partial charge on any atom is -0.481 e. The predicted octanol–water partition coefficient (Wildman–Crippen LogP) is 10.0. The van der Waals surface area contributed by atoms with Crippen LogP contribution in [0.3, 0.4) is 0 Å². The van der Waals surface area contributed by atoms with E-state index in [4.69, 9.17) is 5.11 Å². The van der Waals surface area contributed by atoms with Crippen molar-refractivity contribution in [3.8, 4) is 0 Å². The van der Waals surface area contributed by atoms with Gasteiger partial charge in [-0.2, -0.15) is 0 Å². The lowest BCUT2D eigenvalue weighted by Crippen LogP contribution is -2.36. The average Bonchev–Trinajstić information content (AvgIpc) is 2.84. The Balaban J connectivity index is 4.68. The van der Waals surface area contributed by atoms with E-state index < -0.39 is 17.4 Å². The zero-order chi connectivity index (χ0) is 26.4. The van der Waals surface area contributed by atoms with Crippen molar-refractivity contribution >= 4 is 11.9 Å². The Kier molecular flexibility index (Phi) is 21.5. The van der Waals surface area contributed by atoms with Crippen LogP contribution >= 0.6 is 0 Å². The molecule has 4 heteroatoms. The maximum Gasteiger partial charge on any atom is 0.309 e. The molecular formula is C31H60O4. The minimum absolute atomic E-state index is 0.299. The first-order chi connectivity index (χ1) is 16.8. The van der Waals surface area contributed by atoms with Crippen molar-refractivity contribution in [2.24, 2.45) is 17.3 Å². The molecule has 0 saturated heterocycles. The van der Waals surface area contributed by atoms with Crippen molar-refractivity contribution in [2.75, 3.05) is 0 Å². The molecule has 2 atom stereocenters. The van der Waals surface area contributed by atoms with Gasteiger partial charge in [-0.15, -0.1) is 0 Å². The predicted molar refractivity (Wildman–Crippen MR) is 149 cm³/mol. The zero-order valence-corrected chi connectivity index (χ0v) is 23.9. The van der Waals surface area contributed by atoms with E-state index >= 15 is 0 Å². The van der Waals surface area contributed by atoms with E-state index in [-0.39, 0.29) is 0 Å². The highest BCUT2D eigenvalue weighted by atomic mass is 16.4. The molecule has 0 aromatic carbocycles. The van der Waals surface area contributed by atoms with Gasteiger partial charge in [0.1, 0.15) is 0 Å². The van der Waals surface area contributed by atoms with Gasteiger partial charge in [0, 0.05) is 6.42 Å². The summed E-state index contributed by atoms with van der Waals surface area (Å²) in [5.74, 6) is -0.157. The Morgan fingerprint density at radius 3 is 1.34 bits per heavy atom. The molecule has 35 heavy (non-hydrogen) atoms. The number of carboxylic acid groups (broad SMARTS) is 2. The molecule has 0 aliphatic carbocycles. The van der Waals surface area contributed by atoms with Gasteiger partial charge in [-0.05, 0) is 37.5 Å². The lowest BCUT2D eigenvalue weighted by Gasteiger charge is -2.36. The summed E-state index contributed by atoms with van der Waals surface area (Å²) in [5, 5.41) is 19.2. The minimum atomic E-state index is -0.686. The van der Waals surface area contributed by atoms with Crippen LogP contribution in [0.15, 0.2) is 0 Å². The fourth-order valence-electron chi connectivity index (χ4n) is 5.71. The van der Waals surface area contributed by atoms with Crippen LogP contribution in [0.4, 0.5) is 0 Å². The molecule has 0 rings (SSSR count). The summed E-state index contributed by atoms with van der Waals surface area (Å²) in [7, 11) is 0. The SMILES string of the molecule is CCCCC(CC)CC(CCCCCCCCCCCCC(=O)O)(CC(CC)CCCC)C(=O)O. The second-order valence-corrected chi connectivity index (χ2v) is 11.3. The summed E-state index contributed by atoms with van der Waals surface area (Å²) in [6.45, 7) is 8.95. The van der Waals surface area contributed by atoms with E-state index in [9.17, 15) is 14.7 Å². The number of unbranched alkanes of at least 4 members (excludes halogenated alkanes) is 11. The lowest BCUT2D eigenvalue weighted by molar-refractivity contribution is -0.152. The number of rotatable bonds is 26. The van der Waals surface area contributed by atoms with E-state index in [2.05, 4.69) is 27.7 Å². The largest absolute Gasteiger partial charge is 0.481 e. The van der Waals surface area contributed by atoms with Gasteiger partial charge in [-0.1, -0.05) is 137 Å². The molecule has 2 N–H and O–H groups in total. The van der Waals surface area contributed by atoms with Crippen molar-refractivity contribution in [3.05, 3.63) is 0 Å². The van der Waals surface area contributed by atoms with Gasteiger partial charge in [0.25, 0.3) is 0 Å². The van der Waals surface area contributed by atoms with Crippen LogP contribution in [0.1, 0.15) is 169 Å². The third-order valence-electron chi connectivity index (χ3n) is 8.20. The molecule has 0 saturated carbocycles. The van der Waals surface area contributed by atoms with Crippen LogP contribution in [0.5, 0.6) is 0 Å². The normalized spacial score (nSPS) is 15.0. The van der Waals surface area contributed by atoms with Crippen molar-refractivity contribution in [2.45, 2.75) is 169 Å². The van der Waals surface area contributed by atoms with Crippen LogP contribution in [0.2, 0.25) is 0 Å². The van der Waals surface area contributed by atoms with Gasteiger partial charge in [-0.3, -0.25) is 9.59 Å². The van der Waals surface area contributed by atoms with Crippen LogP contribution in [-0.2, 0) is 9.59 Å². The molecule has 0 radical (unpaired) electrons. The fourth-order valence-corrected chi connectivity index (χ4v) is 5.71. The van der Waals surface area contributed by atoms with Gasteiger partial charge in [0.05, 0.1) is 5.41 Å². The Morgan fingerprint density at radius 2 is 1.00 bits per heavy atom. The molecule has 0 spiro atoms. The molecular weight excluding hydrogens is 436 g/mol. The Hall–Kier alpha value is -1.06. The topological polar surface area (TPSA) is 74.6 Å². The first kappa shape index (κ1) is 33.9. The first-order valence-electron chi connectivity index (χ1n) is 15.3. The highest BCUT2D eigenvalue weighted by molar-refractivity contribution is 5.74. The molecule has 0 aliphatic rings. The molecule has 0 bridgehead atoms. The Labute approximate surface area is 218 Å². The summed E-state index contributed by atoms with van der Waals surface area (Å²) in [5.41, 5.74) is -0.543. The smallest absolute Gasteiger partial charge is 0.309 e. The second kappa shape index (κ2) is 22.2. The molecule has 0 aromatic rings. The van der Waals surface area contributed by atoms with Gasteiger partial charge in [0.2, 0.25) is 0 Å². The monoisotopic (exact) mass is 496 g/mol. The van der Waals surface area contributed by atoms with E-state index in [0.717, 1.165) is 64.2 Å². The summed E-state index contributed by atoms with van der Waals surface area (Å²) in [6.07, 6.45) is 23.5. The number of aliphatic carboxylic acids is 2. The molecule has 0 aliphatic heterocycles. The van der Waals surface area contributed by atoms with Crippen LogP contribution in [-0.4, -0.2) is 22.2 Å². The van der Waals surface area contributed by atoms with E-state index in [1.807, 2.05) is 0 Å². The average molecular weight is 497 g/mol. The third-order valence-corrected chi connectivity index (χ3v) is 8.20. The quantitative estimate of drug-likeness (QED) is 0.117. The molecule has 0 heterocycles. The summed E-state index contributed by atoms with van der Waals surface area (Å²) in [4.78, 5) is 23.3. The van der Waals surface area contributed by atoms with Crippen LogP contribution in [0, 0.1) is 17.3 Å². The second-order valence-electron chi connectivity index (χ2n) is 11.3. The number of hydrogen-bond donors (Lipinski definition) is 2. The zero-order valence-electron chi connectivity index (χ0n) is 23.9. The van der Waals surface area contributed by atoms with Crippen molar-refractivity contribution in [1.82, 2.24) is 0 Å². The van der Waals surface area contributed by atoms with E-state index in [0.29, 0.717) is 18.3 Å². The Morgan fingerprint density at radius 1 is 0.600 bits per heavy atom. The molecule has 2 unspecified atom stereocenters. The van der Waals surface area contributed by atoms with Gasteiger partial charge in [0.15, 0.2) is 0 Å². The standard InChI is InChI=1S/C31H60O4/c1-5-9-21-27(7-3)25-31(30(34)35,26-28(8-4)22-10-6-2)24-20-18-16-14-12-11-13-15-17-19-23-29(32)33/h27-28H,5-26H2,1-4H3,(H,32,33)(H,34,35). The van der Waals surface area contributed by atoms with Crippen molar-refractivity contribution in [3.63, 3.8) is 0 Å². The number of carbonyl (C=O) groups is 2. The van der Waals surface area contributed by atoms with Gasteiger partial charge < -0.3 is 10.2 Å². The summed E-state index contributed by atoms with van der Waals surface area (Å²) in [6, 6.07) is 0. The number of carboxylic acids is 2. The maximum atomic E-state index is 12.8. The van der Waals surface area contributed by atoms with Crippen molar-refractivity contribution < 1.29 is 19.8 Å². The maximum absolute atomic E-state index is 12.8. The Bertz CT molecular complexity index is 498. The molecule has 208 valence electrons. The number of hydrogen-bond acceptors (Lipinski definition) is 2. The molecule has 0 amide bonds. The molecule has 0 fully saturated rings. The van der Waals surface area contributed by atoms with Crippen LogP contribution in [0.25, 0.3) is 0 Å². The van der Waals surface area contributed by atoms with E-state index in [1.54, 1.807) is 0 Å². The molecule has 4 nitrogen and oxygen atoms in total. The summed E-state index contributed by atoms with van der Waals surface area (Å²) >= 11 is 0. The highest BCUT2D eigenvalue weighted by Crippen LogP contribution is 2.43. The van der Waals surface area contributed by atoms with Gasteiger partial charge >= 0.3 is 11.9 Å². The van der Waals surface area contributed by atoms with E-state index in [1.165, 1.54) is 70.6 Å².